The molecule has 3 saturated carbocycles. The number of aliphatic carboxylic acids is 1. The minimum Gasteiger partial charge on any atom is -0.479 e. The molecule has 5 fully saturated rings. The zero-order valence-corrected chi connectivity index (χ0v) is 24.0. The standard InChI is InChI=1S/C22H27N5O5.C9H14/c1-26(2)21(30)20(25-32-12-18(28)29)19-22(31)27(17-9-4-3-8-16(17)24-19)15-10-13-6-5-7-14(11-15)23-13;1-2-6-4-7(3-1)9-5-8(6)9/h3-4,8-9,13-15,23H,5-7,10-12H2,1-2H3,(H,28,29);6-9H,1-5H2/b25-20-;. The van der Waals surface area contributed by atoms with Gasteiger partial charge < -0.3 is 24.7 Å². The van der Waals surface area contributed by atoms with Crippen LogP contribution in [0.25, 0.3) is 11.0 Å². The Balaban J connectivity index is 0.000000278. The van der Waals surface area contributed by atoms with Crippen molar-refractivity contribution in [3.05, 3.63) is 40.3 Å². The number of nitrogens with one attached hydrogen (secondary N) is 1. The molecule has 4 bridgehead atoms. The molecule has 0 spiro atoms. The van der Waals surface area contributed by atoms with Gasteiger partial charge in [-0.25, -0.2) is 9.78 Å². The summed E-state index contributed by atoms with van der Waals surface area (Å²) in [4.78, 5) is 47.9. The maximum absolute atomic E-state index is 13.7. The van der Waals surface area contributed by atoms with E-state index in [0.717, 1.165) is 25.7 Å². The molecular weight excluding hydrogens is 522 g/mol. The van der Waals surface area contributed by atoms with E-state index in [1.54, 1.807) is 42.7 Å². The monoisotopic (exact) mass is 563 g/mol. The van der Waals surface area contributed by atoms with E-state index in [-0.39, 0.29) is 17.4 Å². The molecule has 6 atom stereocenters. The lowest BCUT2D eigenvalue weighted by atomic mass is 9.84. The van der Waals surface area contributed by atoms with Crippen LogP contribution < -0.4 is 10.9 Å². The number of aromatic nitrogens is 2. The van der Waals surface area contributed by atoms with Crippen molar-refractivity contribution in [2.75, 3.05) is 20.7 Å². The van der Waals surface area contributed by atoms with Gasteiger partial charge in [0.2, 0.25) is 6.61 Å². The topological polar surface area (TPSA) is 126 Å². The molecule has 3 aliphatic carbocycles. The van der Waals surface area contributed by atoms with Gasteiger partial charge in [0.1, 0.15) is 0 Å². The second kappa shape index (κ2) is 11.5. The molecular formula is C31H41N5O5. The molecule has 2 saturated heterocycles. The lowest BCUT2D eigenvalue weighted by Crippen LogP contribution is -2.50. The third-order valence-corrected chi connectivity index (χ3v) is 9.88. The lowest BCUT2D eigenvalue weighted by molar-refractivity contribution is -0.142. The Bertz CT molecular complexity index is 1380. The van der Waals surface area contributed by atoms with Crippen LogP contribution in [0.1, 0.15) is 75.9 Å². The van der Waals surface area contributed by atoms with Crippen LogP contribution in [-0.2, 0) is 14.4 Å². The summed E-state index contributed by atoms with van der Waals surface area (Å²) < 4.78 is 1.74. The van der Waals surface area contributed by atoms with Gasteiger partial charge in [-0.05, 0) is 74.3 Å². The van der Waals surface area contributed by atoms with Gasteiger partial charge in [-0.1, -0.05) is 43.0 Å². The van der Waals surface area contributed by atoms with Gasteiger partial charge in [-0.15, -0.1) is 0 Å². The van der Waals surface area contributed by atoms with Gasteiger partial charge in [0.15, 0.2) is 11.4 Å². The number of carbonyl (C=O) groups is 2. The fourth-order valence-electron chi connectivity index (χ4n) is 8.03. The second-order valence-corrected chi connectivity index (χ2v) is 12.8. The highest BCUT2D eigenvalue weighted by Gasteiger charge is 2.54. The number of amides is 1. The zero-order chi connectivity index (χ0) is 28.7. The molecule has 7 rings (SSSR count). The minimum absolute atomic E-state index is 0.0404. The summed E-state index contributed by atoms with van der Waals surface area (Å²) in [6, 6.07) is 7.98. The molecule has 2 aromatic rings. The SMILES string of the molecule is C1CC2CC(C1)C1CC21.CN(C)C(=O)/C(=N\OCC(=O)O)c1nc2ccccc2n(C2CC3CCCC(C2)N3)c1=O. The van der Waals surface area contributed by atoms with E-state index in [1.165, 1.54) is 49.1 Å². The van der Waals surface area contributed by atoms with Crippen LogP contribution in [-0.4, -0.2) is 69.9 Å². The summed E-state index contributed by atoms with van der Waals surface area (Å²) in [5.41, 5.74) is 0.380. The lowest BCUT2D eigenvalue weighted by Gasteiger charge is -2.41. The van der Waals surface area contributed by atoms with Gasteiger partial charge in [-0.3, -0.25) is 9.59 Å². The molecule has 2 N–H and O–H groups in total. The summed E-state index contributed by atoms with van der Waals surface area (Å²) in [6.45, 7) is -0.733. The van der Waals surface area contributed by atoms with Crippen LogP contribution in [0.15, 0.2) is 34.2 Å². The van der Waals surface area contributed by atoms with E-state index in [9.17, 15) is 14.4 Å². The van der Waals surface area contributed by atoms with Gasteiger partial charge in [0.05, 0.1) is 11.0 Å². The number of oxime groups is 1. The third kappa shape index (κ3) is 5.76. The Morgan fingerprint density at radius 1 is 1.02 bits per heavy atom. The maximum Gasteiger partial charge on any atom is 0.344 e. The van der Waals surface area contributed by atoms with Gasteiger partial charge in [0, 0.05) is 32.2 Å². The van der Waals surface area contributed by atoms with Crippen LogP contribution in [0.4, 0.5) is 0 Å². The highest BCUT2D eigenvalue weighted by atomic mass is 16.6. The fourth-order valence-corrected chi connectivity index (χ4v) is 8.03. The van der Waals surface area contributed by atoms with Gasteiger partial charge in [0.25, 0.3) is 11.5 Å². The Kier molecular flexibility index (Phi) is 7.85. The molecule has 2 aliphatic heterocycles. The van der Waals surface area contributed by atoms with Gasteiger partial charge in [-0.2, -0.15) is 0 Å². The predicted molar refractivity (Wildman–Crippen MR) is 155 cm³/mol. The molecule has 6 unspecified atom stereocenters. The average molecular weight is 564 g/mol. The Morgan fingerprint density at radius 2 is 1.68 bits per heavy atom. The number of fused-ring (bicyclic) bond motifs is 8. The minimum atomic E-state index is -1.24. The van der Waals surface area contributed by atoms with Crippen molar-refractivity contribution < 1.29 is 19.5 Å². The molecule has 5 aliphatic rings. The summed E-state index contributed by atoms with van der Waals surface area (Å²) in [5, 5.41) is 16.2. The van der Waals surface area contributed by atoms with Crippen LogP contribution in [0.5, 0.6) is 0 Å². The van der Waals surface area contributed by atoms with Crippen molar-refractivity contribution in [3.8, 4) is 0 Å². The Hall–Kier alpha value is -3.27. The van der Waals surface area contributed by atoms with Gasteiger partial charge >= 0.3 is 5.97 Å². The first-order valence-electron chi connectivity index (χ1n) is 15.2. The first kappa shape index (κ1) is 27.9. The number of likely N-dealkylation sites (N-methyl/N-ethyl adjacent to an activating group) is 1. The average Bonchev–Trinajstić information content (AvgIpc) is 3.72. The number of hydrogen-bond donors (Lipinski definition) is 2. The zero-order valence-electron chi connectivity index (χ0n) is 24.0. The first-order chi connectivity index (χ1) is 19.8. The van der Waals surface area contributed by atoms with Crippen molar-refractivity contribution in [2.24, 2.45) is 28.8 Å². The number of piperidine rings is 2. The number of benzene rings is 1. The van der Waals surface area contributed by atoms with Crippen molar-refractivity contribution in [3.63, 3.8) is 0 Å². The predicted octanol–water partition coefficient (Wildman–Crippen LogP) is 3.58. The van der Waals surface area contributed by atoms with E-state index < -0.39 is 24.0 Å². The van der Waals surface area contributed by atoms with Crippen molar-refractivity contribution >= 4 is 28.6 Å². The van der Waals surface area contributed by atoms with Crippen molar-refractivity contribution in [2.45, 2.75) is 82.3 Å². The van der Waals surface area contributed by atoms with Crippen molar-refractivity contribution in [1.82, 2.24) is 19.8 Å². The van der Waals surface area contributed by atoms with Crippen LogP contribution in [0, 0.1) is 23.7 Å². The number of carboxylic acid groups (broad SMARTS) is 1. The first-order valence-corrected chi connectivity index (χ1v) is 15.2. The Labute approximate surface area is 240 Å². The highest BCUT2D eigenvalue weighted by Crippen LogP contribution is 2.63. The van der Waals surface area contributed by atoms with Crippen LogP contribution >= 0.6 is 0 Å². The molecule has 10 heteroatoms. The molecule has 10 nitrogen and oxygen atoms in total. The van der Waals surface area contributed by atoms with Crippen molar-refractivity contribution in [1.29, 1.82) is 0 Å². The fraction of sp³-hybridized carbons (Fsp3) is 0.645. The number of para-hydroxylation sites is 2. The second-order valence-electron chi connectivity index (χ2n) is 12.8. The molecule has 1 amide bonds. The summed E-state index contributed by atoms with van der Waals surface area (Å²) in [6.07, 6.45) is 12.9. The maximum atomic E-state index is 13.7. The molecule has 1 aromatic heterocycles. The smallest absolute Gasteiger partial charge is 0.344 e. The molecule has 1 aromatic carbocycles. The molecule has 0 radical (unpaired) electrons. The largest absolute Gasteiger partial charge is 0.479 e. The summed E-state index contributed by atoms with van der Waals surface area (Å²) in [5.74, 6) is 3.04. The number of hydrogen-bond acceptors (Lipinski definition) is 7. The number of nitrogens with zero attached hydrogens (tertiary/aromatic N) is 4. The quantitative estimate of drug-likeness (QED) is 0.406. The highest BCUT2D eigenvalue weighted by molar-refractivity contribution is 6.44. The normalized spacial score (nSPS) is 31.5. The Morgan fingerprint density at radius 3 is 2.32 bits per heavy atom. The van der Waals surface area contributed by atoms with E-state index >= 15 is 0 Å². The van der Waals surface area contributed by atoms with E-state index in [4.69, 9.17) is 9.94 Å². The van der Waals surface area contributed by atoms with Crippen LogP contribution in [0.2, 0.25) is 0 Å². The summed E-state index contributed by atoms with van der Waals surface area (Å²) >= 11 is 0. The van der Waals surface area contributed by atoms with E-state index in [0.29, 0.717) is 23.1 Å². The number of carboxylic acids is 1. The molecule has 220 valence electrons. The molecule has 41 heavy (non-hydrogen) atoms. The van der Waals surface area contributed by atoms with E-state index in [1.807, 2.05) is 18.2 Å². The number of rotatable bonds is 6. The summed E-state index contributed by atoms with van der Waals surface area (Å²) in [7, 11) is 3.03. The van der Waals surface area contributed by atoms with E-state index in [2.05, 4.69) is 15.5 Å². The number of carbonyl (C=O) groups excluding carboxylic acids is 1. The van der Waals surface area contributed by atoms with Crippen LogP contribution in [0.3, 0.4) is 0 Å². The molecule has 3 heterocycles. The third-order valence-electron chi connectivity index (χ3n) is 9.88.